The Bertz CT molecular complexity index is 441. The van der Waals surface area contributed by atoms with E-state index >= 15 is 0 Å². The molecule has 3 nitrogen and oxygen atoms in total. The predicted octanol–water partition coefficient (Wildman–Crippen LogP) is 8.06. The average molecular weight is 407 g/mol. The third-order valence-electron chi connectivity index (χ3n) is 6.00. The number of carbonyl (C=O) groups is 2. The molecule has 1 rings (SSSR count). The smallest absolute Gasteiger partial charge is 0.321 e. The van der Waals surface area contributed by atoms with Crippen LogP contribution in [0.4, 0.5) is 0 Å². The first-order valence-electron chi connectivity index (χ1n) is 12.6. The molecule has 1 fully saturated rings. The molecule has 0 radical (unpaired) electrons. The van der Waals surface area contributed by atoms with E-state index in [0.717, 1.165) is 6.42 Å². The summed E-state index contributed by atoms with van der Waals surface area (Å²) in [6, 6.07) is 0. The van der Waals surface area contributed by atoms with Gasteiger partial charge in [-0.2, -0.15) is 0 Å². The third-order valence-corrected chi connectivity index (χ3v) is 6.00. The summed E-state index contributed by atoms with van der Waals surface area (Å²) in [7, 11) is 0. The van der Waals surface area contributed by atoms with E-state index in [1.54, 1.807) is 0 Å². The van der Waals surface area contributed by atoms with Crippen LogP contribution in [0.2, 0.25) is 0 Å². The third kappa shape index (κ3) is 15.4. The van der Waals surface area contributed by atoms with Gasteiger partial charge in [0.05, 0.1) is 12.3 Å². The lowest BCUT2D eigenvalue weighted by Crippen LogP contribution is -2.03. The molecule has 0 aliphatic carbocycles. The lowest BCUT2D eigenvalue weighted by Gasteiger charge is -2.03. The second-order valence-electron chi connectivity index (χ2n) is 8.83. The molecule has 1 heterocycles. The number of carbonyl (C=O) groups excluding carboxylic acids is 2. The quantitative estimate of drug-likeness (QED) is 0.0888. The molecule has 0 aromatic rings. The minimum absolute atomic E-state index is 0.217. The fraction of sp³-hybridized carbons (Fsp3) is 0.846. The molecule has 1 saturated heterocycles. The number of unbranched alkanes of at least 4 members (excludes halogenated alkanes) is 18. The zero-order valence-electron chi connectivity index (χ0n) is 19.1. The summed E-state index contributed by atoms with van der Waals surface area (Å²) in [6.07, 6.45) is 30.1. The molecule has 29 heavy (non-hydrogen) atoms. The first-order valence-corrected chi connectivity index (χ1v) is 12.6. The van der Waals surface area contributed by atoms with Crippen molar-refractivity contribution in [2.75, 3.05) is 0 Å². The Morgan fingerprint density at radius 1 is 0.690 bits per heavy atom. The van der Waals surface area contributed by atoms with Crippen molar-refractivity contribution in [3.8, 4) is 0 Å². The topological polar surface area (TPSA) is 43.4 Å². The highest BCUT2D eigenvalue weighted by atomic mass is 16.6. The van der Waals surface area contributed by atoms with Crippen LogP contribution >= 0.6 is 0 Å². The van der Waals surface area contributed by atoms with Crippen molar-refractivity contribution in [2.24, 2.45) is 5.92 Å². The van der Waals surface area contributed by atoms with Crippen LogP contribution in [0.3, 0.4) is 0 Å². The van der Waals surface area contributed by atoms with Crippen LogP contribution in [-0.2, 0) is 14.3 Å². The number of allylic oxidation sites excluding steroid dienone is 1. The fourth-order valence-corrected chi connectivity index (χ4v) is 4.06. The first kappa shape index (κ1) is 25.9. The van der Waals surface area contributed by atoms with Crippen LogP contribution in [0, 0.1) is 5.92 Å². The van der Waals surface area contributed by atoms with Crippen LogP contribution in [0.5, 0.6) is 0 Å². The number of ether oxygens (including phenoxy) is 1. The molecule has 0 N–H and O–H groups in total. The maximum absolute atomic E-state index is 11.3. The molecule has 0 bridgehead atoms. The predicted molar refractivity (Wildman–Crippen MR) is 122 cm³/mol. The number of esters is 2. The monoisotopic (exact) mass is 406 g/mol. The van der Waals surface area contributed by atoms with Crippen LogP contribution in [-0.4, -0.2) is 11.9 Å². The van der Waals surface area contributed by atoms with E-state index in [0.29, 0.717) is 0 Å². The summed E-state index contributed by atoms with van der Waals surface area (Å²) >= 11 is 0. The van der Waals surface area contributed by atoms with E-state index in [1.807, 2.05) is 12.2 Å². The fourth-order valence-electron chi connectivity index (χ4n) is 4.06. The van der Waals surface area contributed by atoms with Crippen LogP contribution in [0.15, 0.2) is 12.2 Å². The standard InChI is InChI=1S/C26H46O3/c1-2-3-4-5-6-7-8-9-10-11-12-13-14-15-16-17-18-19-20-21-22-24-23-25(27)29-26(24)28/h21-22,24H,2-20,23H2,1H3. The van der Waals surface area contributed by atoms with E-state index in [1.165, 1.54) is 116 Å². The molecule has 3 heteroatoms. The summed E-state index contributed by atoms with van der Waals surface area (Å²) in [6.45, 7) is 2.28. The van der Waals surface area contributed by atoms with Gasteiger partial charge in [-0.1, -0.05) is 128 Å². The van der Waals surface area contributed by atoms with Gasteiger partial charge in [-0.3, -0.25) is 9.59 Å². The van der Waals surface area contributed by atoms with Crippen molar-refractivity contribution in [3.63, 3.8) is 0 Å². The maximum Gasteiger partial charge on any atom is 0.321 e. The van der Waals surface area contributed by atoms with Gasteiger partial charge >= 0.3 is 11.9 Å². The molecule has 0 aromatic carbocycles. The second kappa shape index (κ2) is 18.9. The Balaban J connectivity index is 1.72. The summed E-state index contributed by atoms with van der Waals surface area (Å²) in [5, 5.41) is 0. The molecular formula is C26H46O3. The normalized spacial score (nSPS) is 16.8. The highest BCUT2D eigenvalue weighted by molar-refractivity contribution is 5.95. The molecule has 1 aliphatic heterocycles. The van der Waals surface area contributed by atoms with Gasteiger partial charge in [0.25, 0.3) is 0 Å². The number of cyclic esters (lactones) is 2. The summed E-state index contributed by atoms with van der Waals surface area (Å²) < 4.78 is 4.54. The van der Waals surface area contributed by atoms with Crippen molar-refractivity contribution in [1.82, 2.24) is 0 Å². The average Bonchev–Trinajstić information content (AvgIpc) is 3.03. The van der Waals surface area contributed by atoms with Crippen LogP contribution < -0.4 is 0 Å². The first-order chi connectivity index (χ1) is 14.2. The van der Waals surface area contributed by atoms with Gasteiger partial charge in [-0.15, -0.1) is 0 Å². The highest BCUT2D eigenvalue weighted by Gasteiger charge is 2.30. The molecule has 0 amide bonds. The van der Waals surface area contributed by atoms with E-state index in [-0.39, 0.29) is 18.3 Å². The Morgan fingerprint density at radius 3 is 1.48 bits per heavy atom. The van der Waals surface area contributed by atoms with E-state index < -0.39 is 5.97 Å². The number of hydrogen-bond acceptors (Lipinski definition) is 3. The van der Waals surface area contributed by atoms with Crippen molar-refractivity contribution < 1.29 is 14.3 Å². The van der Waals surface area contributed by atoms with Crippen molar-refractivity contribution in [2.45, 2.75) is 135 Å². The van der Waals surface area contributed by atoms with Gasteiger partial charge in [-0.25, -0.2) is 0 Å². The zero-order valence-corrected chi connectivity index (χ0v) is 19.1. The highest BCUT2D eigenvalue weighted by Crippen LogP contribution is 2.18. The lowest BCUT2D eigenvalue weighted by atomic mass is 10.0. The van der Waals surface area contributed by atoms with Crippen LogP contribution in [0.1, 0.15) is 135 Å². The SMILES string of the molecule is CCCCCCCCCCCCCCCCCCCCC=CC1CC(=O)OC1=O. The van der Waals surface area contributed by atoms with Gasteiger partial charge in [0.1, 0.15) is 0 Å². The molecule has 1 aliphatic rings. The van der Waals surface area contributed by atoms with Crippen molar-refractivity contribution in [1.29, 1.82) is 0 Å². The molecule has 1 atom stereocenters. The Morgan fingerprint density at radius 2 is 1.10 bits per heavy atom. The van der Waals surface area contributed by atoms with Gasteiger partial charge in [0.15, 0.2) is 0 Å². The molecule has 0 saturated carbocycles. The molecule has 168 valence electrons. The van der Waals surface area contributed by atoms with Gasteiger partial charge in [0.2, 0.25) is 0 Å². The number of rotatable bonds is 20. The Hall–Kier alpha value is -1.12. The van der Waals surface area contributed by atoms with Crippen molar-refractivity contribution >= 4 is 11.9 Å². The van der Waals surface area contributed by atoms with Crippen LogP contribution in [0.25, 0.3) is 0 Å². The summed E-state index contributed by atoms with van der Waals surface area (Å²) in [5.74, 6) is -1.11. The zero-order chi connectivity index (χ0) is 21.0. The van der Waals surface area contributed by atoms with Gasteiger partial charge in [-0.05, 0) is 12.8 Å². The lowest BCUT2D eigenvalue weighted by molar-refractivity contribution is -0.152. The molecular weight excluding hydrogens is 360 g/mol. The minimum Gasteiger partial charge on any atom is -0.393 e. The van der Waals surface area contributed by atoms with E-state index in [4.69, 9.17) is 0 Å². The molecule has 1 unspecified atom stereocenters. The van der Waals surface area contributed by atoms with Gasteiger partial charge in [0, 0.05) is 0 Å². The summed E-state index contributed by atoms with van der Waals surface area (Å²) in [4.78, 5) is 22.3. The number of hydrogen-bond donors (Lipinski definition) is 0. The van der Waals surface area contributed by atoms with Gasteiger partial charge < -0.3 is 4.74 Å². The van der Waals surface area contributed by atoms with E-state index in [2.05, 4.69) is 11.7 Å². The summed E-state index contributed by atoms with van der Waals surface area (Å²) in [5.41, 5.74) is 0. The second-order valence-corrected chi connectivity index (χ2v) is 8.83. The van der Waals surface area contributed by atoms with E-state index in [9.17, 15) is 9.59 Å². The largest absolute Gasteiger partial charge is 0.393 e. The maximum atomic E-state index is 11.3. The van der Waals surface area contributed by atoms with Crippen molar-refractivity contribution in [3.05, 3.63) is 12.2 Å². The Kier molecular flexibility index (Phi) is 16.9. The minimum atomic E-state index is -0.391. The molecule has 0 spiro atoms. The molecule has 0 aromatic heterocycles. The Labute approximate surface area is 180 Å².